The summed E-state index contributed by atoms with van der Waals surface area (Å²) in [6, 6.07) is 21.6. The Morgan fingerprint density at radius 3 is 2.60 bits per heavy atom. The van der Waals surface area contributed by atoms with E-state index in [4.69, 9.17) is 4.74 Å². The highest BCUT2D eigenvalue weighted by Gasteiger charge is 2.07. The fourth-order valence-corrected chi connectivity index (χ4v) is 2.51. The average molecular weight is 332 g/mol. The standard InChI is InChI=1S/C21H20N2O2/c1-16-11-13-22-20(15-16)23-21(24)12-14-25-19-10-6-5-9-18(19)17-7-3-2-4-8-17/h2-11,13,15H,12,14H2,1H3,(H,22,23,24). The molecule has 0 bridgehead atoms. The Balaban J connectivity index is 1.58. The number of hydrogen-bond acceptors (Lipinski definition) is 3. The maximum absolute atomic E-state index is 12.0. The number of para-hydroxylation sites is 1. The van der Waals surface area contributed by atoms with E-state index in [1.807, 2.05) is 73.7 Å². The number of benzene rings is 2. The van der Waals surface area contributed by atoms with Crippen molar-refractivity contribution in [2.45, 2.75) is 13.3 Å². The summed E-state index contributed by atoms with van der Waals surface area (Å²) in [5.74, 6) is 1.22. The molecule has 3 rings (SSSR count). The van der Waals surface area contributed by atoms with Crippen molar-refractivity contribution in [3.63, 3.8) is 0 Å². The van der Waals surface area contributed by atoms with E-state index in [2.05, 4.69) is 10.3 Å². The number of carbonyl (C=O) groups is 1. The Labute approximate surface area is 147 Å². The molecule has 1 aromatic heterocycles. The van der Waals surface area contributed by atoms with Gasteiger partial charge in [-0.2, -0.15) is 0 Å². The van der Waals surface area contributed by atoms with E-state index in [1.165, 1.54) is 0 Å². The van der Waals surface area contributed by atoms with Gasteiger partial charge >= 0.3 is 0 Å². The number of rotatable bonds is 6. The molecule has 25 heavy (non-hydrogen) atoms. The van der Waals surface area contributed by atoms with Crippen molar-refractivity contribution in [2.24, 2.45) is 0 Å². The predicted octanol–water partition coefficient (Wildman–Crippen LogP) is 4.46. The summed E-state index contributed by atoms with van der Waals surface area (Å²) in [5, 5.41) is 2.79. The first-order chi connectivity index (χ1) is 12.2. The van der Waals surface area contributed by atoms with Gasteiger partial charge in [0.25, 0.3) is 0 Å². The molecule has 1 heterocycles. The number of anilines is 1. The van der Waals surface area contributed by atoms with Gasteiger partial charge in [0.1, 0.15) is 11.6 Å². The van der Waals surface area contributed by atoms with E-state index in [0.29, 0.717) is 12.4 Å². The molecular weight excluding hydrogens is 312 g/mol. The second-order valence-corrected chi connectivity index (χ2v) is 5.73. The van der Waals surface area contributed by atoms with Gasteiger partial charge in [-0.05, 0) is 36.2 Å². The molecule has 0 radical (unpaired) electrons. The van der Waals surface area contributed by atoms with Crippen LogP contribution < -0.4 is 10.1 Å². The van der Waals surface area contributed by atoms with Crippen LogP contribution in [0.15, 0.2) is 72.9 Å². The highest BCUT2D eigenvalue weighted by atomic mass is 16.5. The minimum atomic E-state index is -0.115. The number of ether oxygens (including phenoxy) is 1. The second kappa shape index (κ2) is 8.11. The van der Waals surface area contributed by atoms with Gasteiger partial charge < -0.3 is 10.1 Å². The van der Waals surface area contributed by atoms with Crippen molar-refractivity contribution in [1.29, 1.82) is 0 Å². The molecule has 4 nitrogen and oxygen atoms in total. The molecule has 0 fully saturated rings. The van der Waals surface area contributed by atoms with Crippen LogP contribution in [0, 0.1) is 6.92 Å². The third-order valence-corrected chi connectivity index (χ3v) is 3.74. The van der Waals surface area contributed by atoms with Gasteiger partial charge in [0.05, 0.1) is 13.0 Å². The van der Waals surface area contributed by atoms with E-state index in [0.717, 1.165) is 22.4 Å². The number of hydrogen-bond donors (Lipinski definition) is 1. The van der Waals surface area contributed by atoms with Crippen LogP contribution in [0.1, 0.15) is 12.0 Å². The van der Waals surface area contributed by atoms with Crippen LogP contribution in [0.2, 0.25) is 0 Å². The third kappa shape index (κ3) is 4.67. The molecule has 126 valence electrons. The lowest BCUT2D eigenvalue weighted by Gasteiger charge is -2.11. The molecule has 1 amide bonds. The molecule has 0 unspecified atom stereocenters. The first kappa shape index (κ1) is 16.7. The first-order valence-corrected chi connectivity index (χ1v) is 8.22. The maximum Gasteiger partial charge on any atom is 0.228 e. The number of aryl methyl sites for hydroxylation is 1. The summed E-state index contributed by atoms with van der Waals surface area (Å²) in [7, 11) is 0. The topological polar surface area (TPSA) is 51.2 Å². The third-order valence-electron chi connectivity index (χ3n) is 3.74. The van der Waals surface area contributed by atoms with Crippen LogP contribution in [-0.4, -0.2) is 17.5 Å². The smallest absolute Gasteiger partial charge is 0.228 e. The van der Waals surface area contributed by atoms with E-state index < -0.39 is 0 Å². The van der Waals surface area contributed by atoms with Gasteiger partial charge in [0.15, 0.2) is 0 Å². The maximum atomic E-state index is 12.0. The highest BCUT2D eigenvalue weighted by molar-refractivity contribution is 5.89. The number of nitrogens with one attached hydrogen (secondary N) is 1. The molecule has 1 N–H and O–H groups in total. The Hall–Kier alpha value is -3.14. The van der Waals surface area contributed by atoms with Gasteiger partial charge in [-0.3, -0.25) is 4.79 Å². The monoisotopic (exact) mass is 332 g/mol. The lowest BCUT2D eigenvalue weighted by Crippen LogP contribution is -2.16. The SMILES string of the molecule is Cc1ccnc(NC(=O)CCOc2ccccc2-c2ccccc2)c1. The summed E-state index contributed by atoms with van der Waals surface area (Å²) < 4.78 is 5.84. The molecule has 4 heteroatoms. The molecule has 0 saturated carbocycles. The summed E-state index contributed by atoms with van der Waals surface area (Å²) in [6.45, 7) is 2.27. The second-order valence-electron chi connectivity index (χ2n) is 5.73. The Morgan fingerprint density at radius 1 is 1.04 bits per heavy atom. The normalized spacial score (nSPS) is 10.3. The number of aromatic nitrogens is 1. The average Bonchev–Trinajstić information content (AvgIpc) is 2.63. The largest absolute Gasteiger partial charge is 0.492 e. The zero-order valence-electron chi connectivity index (χ0n) is 14.1. The van der Waals surface area contributed by atoms with Gasteiger partial charge in [-0.1, -0.05) is 48.5 Å². The quantitative estimate of drug-likeness (QED) is 0.725. The van der Waals surface area contributed by atoms with Gasteiger partial charge in [-0.15, -0.1) is 0 Å². The highest BCUT2D eigenvalue weighted by Crippen LogP contribution is 2.29. The van der Waals surface area contributed by atoms with E-state index >= 15 is 0 Å². The van der Waals surface area contributed by atoms with Crippen molar-refractivity contribution in [3.05, 3.63) is 78.5 Å². The Kier molecular flexibility index (Phi) is 5.42. The lowest BCUT2D eigenvalue weighted by molar-refractivity contribution is -0.116. The number of carbonyl (C=O) groups excluding carboxylic acids is 1. The minimum absolute atomic E-state index is 0.115. The molecule has 3 aromatic rings. The fourth-order valence-electron chi connectivity index (χ4n) is 2.51. The Morgan fingerprint density at radius 2 is 1.80 bits per heavy atom. The molecule has 2 aromatic carbocycles. The van der Waals surface area contributed by atoms with Crippen molar-refractivity contribution in [1.82, 2.24) is 4.98 Å². The van der Waals surface area contributed by atoms with E-state index in [-0.39, 0.29) is 12.3 Å². The lowest BCUT2D eigenvalue weighted by atomic mass is 10.1. The molecule has 0 spiro atoms. The van der Waals surface area contributed by atoms with Crippen molar-refractivity contribution in [2.75, 3.05) is 11.9 Å². The van der Waals surface area contributed by atoms with Crippen LogP contribution in [0.25, 0.3) is 11.1 Å². The number of pyridine rings is 1. The minimum Gasteiger partial charge on any atom is -0.492 e. The zero-order valence-corrected chi connectivity index (χ0v) is 14.1. The van der Waals surface area contributed by atoms with Gasteiger partial charge in [-0.25, -0.2) is 4.98 Å². The van der Waals surface area contributed by atoms with Gasteiger partial charge in [0.2, 0.25) is 5.91 Å². The number of amides is 1. The van der Waals surface area contributed by atoms with Crippen molar-refractivity contribution in [3.8, 4) is 16.9 Å². The molecule has 0 aliphatic heterocycles. The molecule has 0 aliphatic rings. The van der Waals surface area contributed by atoms with Crippen molar-refractivity contribution < 1.29 is 9.53 Å². The molecular formula is C21H20N2O2. The summed E-state index contributed by atoms with van der Waals surface area (Å²) >= 11 is 0. The van der Waals surface area contributed by atoms with E-state index in [1.54, 1.807) is 6.20 Å². The number of nitrogens with zero attached hydrogens (tertiary/aromatic N) is 1. The van der Waals surface area contributed by atoms with E-state index in [9.17, 15) is 4.79 Å². The Bertz CT molecular complexity index is 847. The van der Waals surface area contributed by atoms with Crippen LogP contribution in [-0.2, 0) is 4.79 Å². The molecule has 0 atom stereocenters. The van der Waals surface area contributed by atoms with Crippen LogP contribution in [0.3, 0.4) is 0 Å². The molecule has 0 aliphatic carbocycles. The summed E-state index contributed by atoms with van der Waals surface area (Å²) in [5.41, 5.74) is 3.16. The fraction of sp³-hybridized carbons (Fsp3) is 0.143. The van der Waals surface area contributed by atoms with Crippen LogP contribution in [0.5, 0.6) is 5.75 Å². The summed E-state index contributed by atoms with van der Waals surface area (Å²) in [4.78, 5) is 16.2. The molecule has 0 saturated heterocycles. The van der Waals surface area contributed by atoms with Crippen LogP contribution in [0.4, 0.5) is 5.82 Å². The predicted molar refractivity (Wildman–Crippen MR) is 99.6 cm³/mol. The summed E-state index contributed by atoms with van der Waals surface area (Å²) in [6.07, 6.45) is 1.94. The zero-order chi connectivity index (χ0) is 17.5. The van der Waals surface area contributed by atoms with Gasteiger partial charge in [0, 0.05) is 11.8 Å². The first-order valence-electron chi connectivity index (χ1n) is 8.22. The van der Waals surface area contributed by atoms with Crippen LogP contribution >= 0.6 is 0 Å². The van der Waals surface area contributed by atoms with Crippen molar-refractivity contribution >= 4 is 11.7 Å².